The van der Waals surface area contributed by atoms with Crippen LogP contribution in [0.4, 0.5) is 5.69 Å². The van der Waals surface area contributed by atoms with Crippen LogP contribution in [-0.4, -0.2) is 24.2 Å². The van der Waals surface area contributed by atoms with Gasteiger partial charge in [0.2, 0.25) is 0 Å². The van der Waals surface area contributed by atoms with Gasteiger partial charge in [0.1, 0.15) is 0 Å². The quantitative estimate of drug-likeness (QED) is 0.790. The van der Waals surface area contributed by atoms with Crippen molar-refractivity contribution in [2.75, 3.05) is 18.0 Å². The minimum absolute atomic E-state index is 0.125. The van der Waals surface area contributed by atoms with Gasteiger partial charge in [-0.2, -0.15) is 0 Å². The summed E-state index contributed by atoms with van der Waals surface area (Å²) in [5.41, 5.74) is 2.19. The Labute approximate surface area is 102 Å². The predicted molar refractivity (Wildman–Crippen MR) is 69.1 cm³/mol. The van der Waals surface area contributed by atoms with E-state index < -0.39 is 5.97 Å². The molecule has 17 heavy (non-hydrogen) atoms. The molecule has 0 unspecified atom stereocenters. The highest BCUT2D eigenvalue weighted by molar-refractivity contribution is 5.68. The number of hydrogen-bond acceptors (Lipinski definition) is 2. The van der Waals surface area contributed by atoms with Gasteiger partial charge in [0.15, 0.2) is 0 Å². The van der Waals surface area contributed by atoms with Crippen molar-refractivity contribution in [1.29, 1.82) is 0 Å². The van der Waals surface area contributed by atoms with Crippen molar-refractivity contribution in [3.63, 3.8) is 0 Å². The summed E-state index contributed by atoms with van der Waals surface area (Å²) in [6, 6.07) is 7.94. The van der Waals surface area contributed by atoms with E-state index in [1.807, 2.05) is 36.1 Å². The van der Waals surface area contributed by atoms with Gasteiger partial charge in [0.25, 0.3) is 0 Å². The maximum absolute atomic E-state index is 10.6. The first-order valence-electron chi connectivity index (χ1n) is 5.57. The Balaban J connectivity index is 2.84. The molecule has 0 atom stereocenters. The molecule has 0 saturated carbocycles. The number of carboxylic acid groups (broad SMARTS) is 1. The average Bonchev–Trinajstić information content (AvgIpc) is 2.30. The summed E-state index contributed by atoms with van der Waals surface area (Å²) in [6.45, 7) is 4.85. The van der Waals surface area contributed by atoms with Gasteiger partial charge in [-0.3, -0.25) is 4.79 Å². The summed E-state index contributed by atoms with van der Waals surface area (Å²) in [6.07, 6.45) is 0.125. The zero-order valence-corrected chi connectivity index (χ0v) is 10.2. The zero-order valence-electron chi connectivity index (χ0n) is 10.2. The van der Waals surface area contributed by atoms with E-state index in [4.69, 9.17) is 5.11 Å². The Morgan fingerprint density at radius 3 is 2.71 bits per heavy atom. The highest BCUT2D eigenvalue weighted by atomic mass is 16.4. The van der Waals surface area contributed by atoms with E-state index in [0.717, 1.165) is 11.3 Å². The predicted octanol–water partition coefficient (Wildman–Crippen LogP) is 2.30. The van der Waals surface area contributed by atoms with Crippen LogP contribution in [0, 0.1) is 18.8 Å². The van der Waals surface area contributed by atoms with Crippen LogP contribution in [-0.2, 0) is 4.79 Å². The number of para-hydroxylation sites is 1. The standard InChI is InChI=1S/C14H17NO2/c1-3-4-10-15(11-9-14(16)17)13-8-6-5-7-12(13)2/h5-8H,9-11H2,1-2H3,(H,16,17). The van der Waals surface area contributed by atoms with E-state index in [0.29, 0.717) is 13.1 Å². The summed E-state index contributed by atoms with van der Waals surface area (Å²) >= 11 is 0. The molecule has 90 valence electrons. The van der Waals surface area contributed by atoms with Crippen molar-refractivity contribution in [2.45, 2.75) is 20.3 Å². The molecule has 0 aromatic heterocycles. The van der Waals surface area contributed by atoms with Crippen LogP contribution in [0.2, 0.25) is 0 Å². The zero-order chi connectivity index (χ0) is 12.7. The monoisotopic (exact) mass is 231 g/mol. The molecule has 1 N–H and O–H groups in total. The van der Waals surface area contributed by atoms with Crippen molar-refractivity contribution in [3.05, 3.63) is 29.8 Å². The van der Waals surface area contributed by atoms with Gasteiger partial charge in [0, 0.05) is 12.2 Å². The number of carboxylic acids is 1. The van der Waals surface area contributed by atoms with Crippen LogP contribution in [0.3, 0.4) is 0 Å². The van der Waals surface area contributed by atoms with Crippen LogP contribution >= 0.6 is 0 Å². The number of nitrogens with zero attached hydrogens (tertiary/aromatic N) is 1. The fraction of sp³-hybridized carbons (Fsp3) is 0.357. The molecule has 0 fully saturated rings. The lowest BCUT2D eigenvalue weighted by Gasteiger charge is -2.23. The number of anilines is 1. The molecule has 1 rings (SSSR count). The minimum atomic E-state index is -0.784. The fourth-order valence-corrected chi connectivity index (χ4v) is 1.61. The Bertz CT molecular complexity index is 443. The molecule has 0 heterocycles. The van der Waals surface area contributed by atoms with E-state index >= 15 is 0 Å². The van der Waals surface area contributed by atoms with E-state index in [-0.39, 0.29) is 6.42 Å². The number of rotatable bonds is 5. The summed E-state index contributed by atoms with van der Waals surface area (Å²) in [5.74, 6) is 5.03. The first kappa shape index (κ1) is 13.1. The van der Waals surface area contributed by atoms with E-state index in [1.54, 1.807) is 6.92 Å². The Morgan fingerprint density at radius 1 is 1.41 bits per heavy atom. The summed E-state index contributed by atoms with van der Waals surface area (Å²) in [5, 5.41) is 8.74. The minimum Gasteiger partial charge on any atom is -0.481 e. The number of aliphatic carboxylic acids is 1. The van der Waals surface area contributed by atoms with Crippen LogP contribution < -0.4 is 4.90 Å². The Hall–Kier alpha value is -1.95. The molecule has 0 spiro atoms. The van der Waals surface area contributed by atoms with Crippen LogP contribution in [0.25, 0.3) is 0 Å². The van der Waals surface area contributed by atoms with Crippen molar-refractivity contribution in [1.82, 2.24) is 0 Å². The third-order valence-corrected chi connectivity index (χ3v) is 2.50. The van der Waals surface area contributed by atoms with Gasteiger partial charge in [-0.25, -0.2) is 0 Å². The maximum Gasteiger partial charge on any atom is 0.305 e. The number of hydrogen-bond donors (Lipinski definition) is 1. The number of benzene rings is 1. The fourth-order valence-electron chi connectivity index (χ4n) is 1.61. The molecule has 0 bridgehead atoms. The SMILES string of the molecule is CC#CCN(CCC(=O)O)c1ccccc1C. The van der Waals surface area contributed by atoms with Crippen LogP contribution in [0.1, 0.15) is 18.9 Å². The molecule has 0 amide bonds. The van der Waals surface area contributed by atoms with Crippen molar-refractivity contribution in [3.8, 4) is 11.8 Å². The van der Waals surface area contributed by atoms with E-state index in [1.165, 1.54) is 0 Å². The lowest BCUT2D eigenvalue weighted by atomic mass is 10.1. The first-order valence-corrected chi connectivity index (χ1v) is 5.57. The number of aryl methyl sites for hydroxylation is 1. The summed E-state index contributed by atoms with van der Waals surface area (Å²) in [4.78, 5) is 12.6. The lowest BCUT2D eigenvalue weighted by Crippen LogP contribution is -2.27. The molecule has 3 heteroatoms. The largest absolute Gasteiger partial charge is 0.481 e. The van der Waals surface area contributed by atoms with Gasteiger partial charge in [-0.15, -0.1) is 5.92 Å². The van der Waals surface area contributed by atoms with Crippen molar-refractivity contribution < 1.29 is 9.90 Å². The molecule has 0 saturated heterocycles. The summed E-state index contributed by atoms with van der Waals surface area (Å²) < 4.78 is 0. The van der Waals surface area contributed by atoms with Gasteiger partial charge in [0.05, 0.1) is 13.0 Å². The van der Waals surface area contributed by atoms with Crippen LogP contribution in [0.15, 0.2) is 24.3 Å². The Morgan fingerprint density at radius 2 is 2.12 bits per heavy atom. The van der Waals surface area contributed by atoms with Gasteiger partial charge in [-0.05, 0) is 25.5 Å². The second-order valence-electron chi connectivity index (χ2n) is 3.78. The maximum atomic E-state index is 10.6. The van der Waals surface area contributed by atoms with Crippen molar-refractivity contribution >= 4 is 11.7 Å². The average molecular weight is 231 g/mol. The third-order valence-electron chi connectivity index (χ3n) is 2.50. The highest BCUT2D eigenvalue weighted by Crippen LogP contribution is 2.19. The smallest absolute Gasteiger partial charge is 0.305 e. The summed E-state index contributed by atoms with van der Waals surface area (Å²) in [7, 11) is 0. The molecular formula is C14H17NO2. The van der Waals surface area contributed by atoms with Gasteiger partial charge >= 0.3 is 5.97 Å². The molecular weight excluding hydrogens is 214 g/mol. The normalized spacial score (nSPS) is 9.29. The molecule has 0 aliphatic heterocycles. The Kier molecular flexibility index (Phi) is 5.09. The molecule has 0 radical (unpaired) electrons. The first-order chi connectivity index (χ1) is 8.15. The molecule has 1 aromatic rings. The number of carbonyl (C=O) groups is 1. The van der Waals surface area contributed by atoms with Gasteiger partial charge < -0.3 is 10.0 Å². The second-order valence-corrected chi connectivity index (χ2v) is 3.78. The molecule has 0 aliphatic rings. The molecule has 3 nitrogen and oxygen atoms in total. The lowest BCUT2D eigenvalue weighted by molar-refractivity contribution is -0.136. The van der Waals surface area contributed by atoms with E-state index in [2.05, 4.69) is 11.8 Å². The van der Waals surface area contributed by atoms with Crippen molar-refractivity contribution in [2.24, 2.45) is 0 Å². The third kappa shape index (κ3) is 4.20. The molecule has 1 aromatic carbocycles. The molecule has 0 aliphatic carbocycles. The van der Waals surface area contributed by atoms with Gasteiger partial charge in [-0.1, -0.05) is 24.1 Å². The van der Waals surface area contributed by atoms with Crippen LogP contribution in [0.5, 0.6) is 0 Å². The topological polar surface area (TPSA) is 40.5 Å². The highest BCUT2D eigenvalue weighted by Gasteiger charge is 2.09. The van der Waals surface area contributed by atoms with E-state index in [9.17, 15) is 4.79 Å². The second kappa shape index (κ2) is 6.59.